The van der Waals surface area contributed by atoms with E-state index in [0.29, 0.717) is 17.5 Å². The van der Waals surface area contributed by atoms with E-state index in [1.807, 2.05) is 18.2 Å². The Balaban J connectivity index is 0.000000279. The monoisotopic (exact) mass is 538 g/mol. The van der Waals surface area contributed by atoms with Gasteiger partial charge in [0.05, 0.1) is 4.90 Å². The van der Waals surface area contributed by atoms with Crippen molar-refractivity contribution in [3.05, 3.63) is 102 Å². The van der Waals surface area contributed by atoms with Crippen molar-refractivity contribution < 1.29 is 22.9 Å². The van der Waals surface area contributed by atoms with Gasteiger partial charge in [-0.3, -0.25) is 9.35 Å². The van der Waals surface area contributed by atoms with Crippen molar-refractivity contribution in [3.8, 4) is 0 Å². The Kier molecular flexibility index (Phi) is 14.6. The molecule has 0 aliphatic rings. The summed E-state index contributed by atoms with van der Waals surface area (Å²) in [6.07, 6.45) is 12.2. The zero-order valence-corrected chi connectivity index (χ0v) is 23.3. The molecule has 6 heteroatoms. The Bertz CT molecular complexity index is 1160. The van der Waals surface area contributed by atoms with Crippen molar-refractivity contribution in [3.63, 3.8) is 0 Å². The highest BCUT2D eigenvalue weighted by Crippen LogP contribution is 2.19. The summed E-state index contributed by atoms with van der Waals surface area (Å²) < 4.78 is 31.8. The van der Waals surface area contributed by atoms with E-state index in [0.717, 1.165) is 18.4 Å². The summed E-state index contributed by atoms with van der Waals surface area (Å²) in [6, 6.07) is 24.5. The third-order valence-electron chi connectivity index (χ3n) is 6.47. The highest BCUT2D eigenvalue weighted by molar-refractivity contribution is 7.85. The number of hydrogen-bond acceptors (Lipinski definition) is 4. The lowest BCUT2D eigenvalue weighted by molar-refractivity contribution is 0.0747. The van der Waals surface area contributed by atoms with Crippen LogP contribution >= 0.6 is 0 Å². The van der Waals surface area contributed by atoms with Gasteiger partial charge in [-0.15, -0.1) is 0 Å². The summed E-state index contributed by atoms with van der Waals surface area (Å²) in [4.78, 5) is 12.0. The van der Waals surface area contributed by atoms with Crippen LogP contribution < -0.4 is 0 Å². The molecular formula is C32H42O5S. The van der Waals surface area contributed by atoms with Crippen molar-refractivity contribution >= 4 is 15.9 Å². The maximum absolute atomic E-state index is 11.9. The van der Waals surface area contributed by atoms with Gasteiger partial charge in [0.15, 0.2) is 5.78 Å². The topological polar surface area (TPSA) is 91.7 Å². The van der Waals surface area contributed by atoms with Gasteiger partial charge in [0.2, 0.25) is 0 Å². The van der Waals surface area contributed by atoms with Gasteiger partial charge in [-0.1, -0.05) is 144 Å². The summed E-state index contributed by atoms with van der Waals surface area (Å²) in [5.74, 6) is -0.271. The van der Waals surface area contributed by atoms with E-state index < -0.39 is 16.2 Å². The Morgan fingerprint density at radius 3 is 1.71 bits per heavy atom. The van der Waals surface area contributed by atoms with Crippen LogP contribution in [0.2, 0.25) is 0 Å². The van der Waals surface area contributed by atoms with E-state index >= 15 is 0 Å². The van der Waals surface area contributed by atoms with Gasteiger partial charge in [0.1, 0.15) is 6.10 Å². The SMILES string of the molecule is CCCCCCCCCCCCc1ccccc1S(=O)(=O)O.O=C(c1ccccc1)C(O)c1ccccc1. The van der Waals surface area contributed by atoms with Crippen LogP contribution in [-0.2, 0) is 16.5 Å². The van der Waals surface area contributed by atoms with E-state index in [1.54, 1.807) is 60.7 Å². The van der Waals surface area contributed by atoms with Gasteiger partial charge in [-0.2, -0.15) is 8.42 Å². The number of benzene rings is 3. The molecule has 1 unspecified atom stereocenters. The quantitative estimate of drug-likeness (QED) is 0.116. The number of aryl methyl sites for hydroxylation is 1. The van der Waals surface area contributed by atoms with Crippen molar-refractivity contribution in [2.45, 2.75) is 88.6 Å². The third kappa shape index (κ3) is 11.7. The average molecular weight is 539 g/mol. The number of hydrogen-bond donors (Lipinski definition) is 2. The van der Waals surface area contributed by atoms with E-state index in [4.69, 9.17) is 0 Å². The van der Waals surface area contributed by atoms with Gasteiger partial charge in [0, 0.05) is 5.56 Å². The van der Waals surface area contributed by atoms with E-state index in [2.05, 4.69) is 6.92 Å². The van der Waals surface area contributed by atoms with Crippen molar-refractivity contribution in [2.75, 3.05) is 0 Å². The van der Waals surface area contributed by atoms with Crippen LogP contribution in [0.4, 0.5) is 0 Å². The average Bonchev–Trinajstić information content (AvgIpc) is 2.94. The summed E-state index contributed by atoms with van der Waals surface area (Å²) in [6.45, 7) is 2.24. The highest BCUT2D eigenvalue weighted by atomic mass is 32.2. The lowest BCUT2D eigenvalue weighted by Crippen LogP contribution is -2.11. The van der Waals surface area contributed by atoms with Crippen molar-refractivity contribution in [1.82, 2.24) is 0 Å². The number of carbonyl (C=O) groups is 1. The molecule has 0 amide bonds. The molecule has 206 valence electrons. The molecule has 0 saturated heterocycles. The number of aliphatic hydroxyl groups excluding tert-OH is 1. The second-order valence-electron chi connectivity index (χ2n) is 9.56. The first-order chi connectivity index (χ1) is 18.3. The number of unbranched alkanes of at least 4 members (excludes halogenated alkanes) is 9. The molecule has 38 heavy (non-hydrogen) atoms. The van der Waals surface area contributed by atoms with Crippen LogP contribution in [0.15, 0.2) is 89.8 Å². The number of carbonyl (C=O) groups excluding carboxylic acids is 1. The van der Waals surface area contributed by atoms with Crippen LogP contribution in [0.3, 0.4) is 0 Å². The Hall–Kier alpha value is -2.80. The van der Waals surface area contributed by atoms with Gasteiger partial charge >= 0.3 is 0 Å². The summed E-state index contributed by atoms with van der Waals surface area (Å²) in [5, 5.41) is 9.89. The van der Waals surface area contributed by atoms with E-state index in [9.17, 15) is 22.9 Å². The first kappa shape index (κ1) is 31.4. The fourth-order valence-electron chi connectivity index (χ4n) is 4.31. The van der Waals surface area contributed by atoms with Crippen LogP contribution in [0, 0.1) is 0 Å². The molecule has 0 heterocycles. The normalized spacial score (nSPS) is 11.9. The Labute approximate surface area is 228 Å². The molecule has 1 atom stereocenters. The summed E-state index contributed by atoms with van der Waals surface area (Å²) in [7, 11) is -4.10. The lowest BCUT2D eigenvalue weighted by atomic mass is 10.0. The summed E-state index contributed by atoms with van der Waals surface area (Å²) >= 11 is 0. The first-order valence-electron chi connectivity index (χ1n) is 13.7. The molecule has 0 aliphatic heterocycles. The number of ketones is 1. The molecule has 0 aromatic heterocycles. The predicted molar refractivity (Wildman–Crippen MR) is 154 cm³/mol. The van der Waals surface area contributed by atoms with Crippen LogP contribution in [-0.4, -0.2) is 23.9 Å². The third-order valence-corrected chi connectivity index (χ3v) is 7.43. The zero-order valence-electron chi connectivity index (χ0n) is 22.5. The molecule has 2 N–H and O–H groups in total. The minimum absolute atomic E-state index is 0.0610. The molecule has 3 aromatic carbocycles. The summed E-state index contributed by atoms with van der Waals surface area (Å²) in [5.41, 5.74) is 1.87. The smallest absolute Gasteiger partial charge is 0.294 e. The molecule has 3 rings (SSSR count). The van der Waals surface area contributed by atoms with Crippen molar-refractivity contribution in [2.24, 2.45) is 0 Å². The molecule has 0 radical (unpaired) electrons. The lowest BCUT2D eigenvalue weighted by Gasteiger charge is -2.09. The molecule has 3 aromatic rings. The standard InChI is InChI=1S/C18H30O3S.C14H12O2/c1-2-3-4-5-6-7-8-9-10-11-14-17-15-12-13-16-18(17)22(19,20)21;15-13(11-7-3-1-4-8-11)14(16)12-9-5-2-6-10-12/h12-13,15-16H,2-11,14H2,1H3,(H,19,20,21);1-10,13,15H. The first-order valence-corrected chi connectivity index (χ1v) is 15.2. The molecule has 0 saturated carbocycles. The highest BCUT2D eigenvalue weighted by Gasteiger charge is 2.18. The number of rotatable bonds is 15. The molecule has 0 bridgehead atoms. The van der Waals surface area contributed by atoms with Crippen LogP contribution in [0.25, 0.3) is 0 Å². The fraction of sp³-hybridized carbons (Fsp3) is 0.406. The molecule has 0 aliphatic carbocycles. The minimum Gasteiger partial charge on any atom is -0.380 e. The zero-order chi connectivity index (χ0) is 27.6. The van der Waals surface area contributed by atoms with Gasteiger partial charge in [-0.05, 0) is 30.0 Å². The minimum atomic E-state index is -4.10. The Morgan fingerprint density at radius 1 is 0.684 bits per heavy atom. The fourth-order valence-corrected chi connectivity index (χ4v) is 5.06. The molecule has 0 fully saturated rings. The van der Waals surface area contributed by atoms with Gasteiger partial charge in [-0.25, -0.2) is 0 Å². The maximum Gasteiger partial charge on any atom is 0.294 e. The Morgan fingerprint density at radius 2 is 1.16 bits per heavy atom. The largest absolute Gasteiger partial charge is 0.380 e. The van der Waals surface area contributed by atoms with Crippen LogP contribution in [0.5, 0.6) is 0 Å². The van der Waals surface area contributed by atoms with Crippen molar-refractivity contribution in [1.29, 1.82) is 0 Å². The number of aliphatic hydroxyl groups is 1. The number of Topliss-reactive ketones (excluding diaryl/α,β-unsaturated/α-hetero) is 1. The van der Waals surface area contributed by atoms with Gasteiger partial charge < -0.3 is 5.11 Å². The van der Waals surface area contributed by atoms with E-state index in [1.165, 1.54) is 57.4 Å². The molecule has 5 nitrogen and oxygen atoms in total. The van der Waals surface area contributed by atoms with Gasteiger partial charge in [0.25, 0.3) is 10.1 Å². The van der Waals surface area contributed by atoms with E-state index in [-0.39, 0.29) is 10.7 Å². The maximum atomic E-state index is 11.9. The second kappa shape index (κ2) is 17.7. The van der Waals surface area contributed by atoms with Crippen LogP contribution in [0.1, 0.15) is 98.7 Å². The molecule has 0 spiro atoms. The molecular weight excluding hydrogens is 496 g/mol. The predicted octanol–water partition coefficient (Wildman–Crippen LogP) is 8.00. The second-order valence-corrected chi connectivity index (χ2v) is 10.9.